The van der Waals surface area contributed by atoms with E-state index in [0.717, 1.165) is 12.0 Å². The highest BCUT2D eigenvalue weighted by Gasteiger charge is 2.57. The van der Waals surface area contributed by atoms with Crippen LogP contribution in [0.5, 0.6) is 0 Å². The lowest BCUT2D eigenvalue weighted by Gasteiger charge is -2.42. The van der Waals surface area contributed by atoms with E-state index in [-0.39, 0.29) is 23.5 Å². The molecule has 2 rings (SSSR count). The monoisotopic (exact) mass is 428 g/mol. The molecule has 0 heterocycles. The van der Waals surface area contributed by atoms with E-state index in [1.54, 1.807) is 19.9 Å². The van der Waals surface area contributed by atoms with E-state index in [1.807, 2.05) is 26.8 Å². The van der Waals surface area contributed by atoms with Crippen molar-refractivity contribution in [2.45, 2.75) is 73.5 Å². The number of fused-ring (bicyclic) bond motifs is 1. The summed E-state index contributed by atoms with van der Waals surface area (Å²) in [5.74, 6) is -1.23. The Morgan fingerprint density at radius 3 is 2.32 bits per heavy atom. The maximum atomic E-state index is 13.3. The van der Waals surface area contributed by atoms with Crippen molar-refractivity contribution in [3.8, 4) is 0 Å². The number of Topliss-reactive ketones (excluding diaryl/α,β-unsaturated/α-hetero) is 1. The molecule has 2 saturated carbocycles. The van der Waals surface area contributed by atoms with Gasteiger partial charge in [0.1, 0.15) is 6.10 Å². The molecular formula is C26H36O5. The number of hydrogen-bond acceptors (Lipinski definition) is 5. The predicted octanol–water partition coefficient (Wildman–Crippen LogP) is 5.13. The van der Waals surface area contributed by atoms with E-state index in [0.29, 0.717) is 23.1 Å². The molecule has 0 spiro atoms. The number of carbonyl (C=O) groups excluding carboxylic acids is 3. The second kappa shape index (κ2) is 10.3. The van der Waals surface area contributed by atoms with Crippen LogP contribution < -0.4 is 0 Å². The standard InChI is InChI=1S/C26H36O5/c1-9-15(6)12-21(27)30-20-13-19(14(4)5)23-18(11-3)24(28)25(22(23)17(20)8)31-26(29)16(7)10-2/h10-12,14,19-20,22-23,25H,8-9,13H2,1-7H3/b15-12+,16-10-,18-11-. The molecule has 5 nitrogen and oxygen atoms in total. The van der Waals surface area contributed by atoms with Crippen LogP contribution in [-0.4, -0.2) is 29.9 Å². The average molecular weight is 429 g/mol. The fraction of sp³-hybridized carbons (Fsp3) is 0.577. The largest absolute Gasteiger partial charge is 0.455 e. The van der Waals surface area contributed by atoms with Crippen LogP contribution in [0.25, 0.3) is 0 Å². The van der Waals surface area contributed by atoms with Gasteiger partial charge in [-0.05, 0) is 63.5 Å². The van der Waals surface area contributed by atoms with E-state index in [1.165, 1.54) is 6.08 Å². The number of ether oxygens (including phenoxy) is 2. The summed E-state index contributed by atoms with van der Waals surface area (Å²) in [6.07, 6.45) is 4.90. The molecule has 0 radical (unpaired) electrons. The van der Waals surface area contributed by atoms with E-state index in [4.69, 9.17) is 9.47 Å². The zero-order valence-corrected chi connectivity index (χ0v) is 19.9. The molecule has 0 bridgehead atoms. The smallest absolute Gasteiger partial charge is 0.334 e. The third-order valence-corrected chi connectivity index (χ3v) is 6.74. The third kappa shape index (κ3) is 5.08. The molecule has 31 heavy (non-hydrogen) atoms. The minimum atomic E-state index is -0.943. The van der Waals surface area contributed by atoms with Gasteiger partial charge in [-0.1, -0.05) is 45.1 Å². The Labute approximate surface area is 186 Å². The van der Waals surface area contributed by atoms with Gasteiger partial charge in [0.2, 0.25) is 0 Å². The van der Waals surface area contributed by atoms with Crippen LogP contribution >= 0.6 is 0 Å². The molecule has 5 heteroatoms. The summed E-state index contributed by atoms with van der Waals surface area (Å²) in [4.78, 5) is 38.2. The maximum Gasteiger partial charge on any atom is 0.334 e. The van der Waals surface area contributed by atoms with E-state index in [2.05, 4.69) is 20.4 Å². The molecular weight excluding hydrogens is 392 g/mol. The van der Waals surface area contributed by atoms with Gasteiger partial charge in [0.05, 0.1) is 0 Å². The summed E-state index contributed by atoms with van der Waals surface area (Å²) in [7, 11) is 0. The van der Waals surface area contributed by atoms with Crippen LogP contribution in [0.3, 0.4) is 0 Å². The average Bonchev–Trinajstić information content (AvgIpc) is 3.00. The lowest BCUT2D eigenvalue weighted by atomic mass is 9.65. The fourth-order valence-electron chi connectivity index (χ4n) is 4.63. The number of esters is 2. The van der Waals surface area contributed by atoms with Crippen LogP contribution in [0.2, 0.25) is 0 Å². The zero-order chi connectivity index (χ0) is 23.5. The van der Waals surface area contributed by atoms with Gasteiger partial charge in [-0.25, -0.2) is 9.59 Å². The predicted molar refractivity (Wildman–Crippen MR) is 121 cm³/mol. The van der Waals surface area contributed by atoms with Crippen molar-refractivity contribution in [2.75, 3.05) is 0 Å². The summed E-state index contributed by atoms with van der Waals surface area (Å²) in [5, 5.41) is 0. The van der Waals surface area contributed by atoms with E-state index < -0.39 is 30.1 Å². The number of rotatable bonds is 6. The molecule has 0 aromatic carbocycles. The van der Waals surface area contributed by atoms with Crippen molar-refractivity contribution < 1.29 is 23.9 Å². The molecule has 0 aromatic rings. The Morgan fingerprint density at radius 1 is 1.16 bits per heavy atom. The maximum absolute atomic E-state index is 13.3. The molecule has 2 aliphatic rings. The van der Waals surface area contributed by atoms with Gasteiger partial charge in [0.15, 0.2) is 11.9 Å². The fourth-order valence-corrected chi connectivity index (χ4v) is 4.63. The first-order valence-electron chi connectivity index (χ1n) is 11.2. The highest BCUT2D eigenvalue weighted by Crippen LogP contribution is 2.53. The molecule has 2 aliphatic carbocycles. The first-order chi connectivity index (χ1) is 14.6. The van der Waals surface area contributed by atoms with Crippen molar-refractivity contribution >= 4 is 17.7 Å². The second-order valence-electron chi connectivity index (χ2n) is 8.95. The van der Waals surface area contributed by atoms with Gasteiger partial charge in [-0.2, -0.15) is 0 Å². The Hall–Kier alpha value is -2.43. The van der Waals surface area contributed by atoms with Crippen LogP contribution in [0.4, 0.5) is 0 Å². The highest BCUT2D eigenvalue weighted by molar-refractivity contribution is 6.04. The van der Waals surface area contributed by atoms with Gasteiger partial charge in [0.25, 0.3) is 0 Å². The molecule has 170 valence electrons. The number of allylic oxidation sites excluding steroid dienone is 3. The van der Waals surface area contributed by atoms with Crippen molar-refractivity contribution in [1.29, 1.82) is 0 Å². The minimum Gasteiger partial charge on any atom is -0.455 e. The Balaban J connectivity index is 2.44. The molecule has 0 amide bonds. The van der Waals surface area contributed by atoms with Gasteiger partial charge in [-0.3, -0.25) is 4.79 Å². The lowest BCUT2D eigenvalue weighted by molar-refractivity contribution is -0.153. The molecule has 2 fully saturated rings. The first-order valence-corrected chi connectivity index (χ1v) is 11.2. The molecule has 5 unspecified atom stereocenters. The van der Waals surface area contributed by atoms with Crippen molar-refractivity contribution in [2.24, 2.45) is 23.7 Å². The quantitative estimate of drug-likeness (QED) is 0.333. The zero-order valence-electron chi connectivity index (χ0n) is 19.9. The summed E-state index contributed by atoms with van der Waals surface area (Å²) >= 11 is 0. The van der Waals surface area contributed by atoms with Gasteiger partial charge < -0.3 is 9.47 Å². The lowest BCUT2D eigenvalue weighted by Crippen LogP contribution is -2.43. The highest BCUT2D eigenvalue weighted by atomic mass is 16.6. The summed E-state index contributed by atoms with van der Waals surface area (Å²) in [6, 6.07) is 0. The van der Waals surface area contributed by atoms with E-state index >= 15 is 0 Å². The molecule has 0 aliphatic heterocycles. The topological polar surface area (TPSA) is 69.7 Å². The summed E-state index contributed by atoms with van der Waals surface area (Å²) in [5.41, 5.74) is 2.72. The van der Waals surface area contributed by atoms with Crippen molar-refractivity contribution in [1.82, 2.24) is 0 Å². The Bertz CT molecular complexity index is 842. The van der Waals surface area contributed by atoms with Crippen LogP contribution in [-0.2, 0) is 23.9 Å². The van der Waals surface area contributed by atoms with Crippen LogP contribution in [0.1, 0.15) is 61.3 Å². The normalized spacial score (nSPS) is 30.6. The van der Waals surface area contributed by atoms with Crippen molar-refractivity contribution in [3.05, 3.63) is 47.1 Å². The number of hydrogen-bond donors (Lipinski definition) is 0. The first kappa shape index (κ1) is 24.8. The number of carbonyl (C=O) groups is 3. The molecule has 0 N–H and O–H groups in total. The molecule has 0 saturated heterocycles. The summed E-state index contributed by atoms with van der Waals surface area (Å²) < 4.78 is 11.5. The number of ketones is 1. The van der Waals surface area contributed by atoms with E-state index in [9.17, 15) is 14.4 Å². The van der Waals surface area contributed by atoms with Crippen LogP contribution in [0.15, 0.2) is 47.1 Å². The van der Waals surface area contributed by atoms with Crippen LogP contribution in [0, 0.1) is 23.7 Å². The molecule has 5 atom stereocenters. The summed E-state index contributed by atoms with van der Waals surface area (Å²) in [6.45, 7) is 17.6. The van der Waals surface area contributed by atoms with Gasteiger partial charge in [0, 0.05) is 23.5 Å². The van der Waals surface area contributed by atoms with Gasteiger partial charge in [-0.15, -0.1) is 0 Å². The van der Waals surface area contributed by atoms with Gasteiger partial charge >= 0.3 is 11.9 Å². The Kier molecular flexibility index (Phi) is 8.21. The Morgan fingerprint density at radius 2 is 1.81 bits per heavy atom. The third-order valence-electron chi connectivity index (χ3n) is 6.74. The molecule has 0 aromatic heterocycles. The van der Waals surface area contributed by atoms with Crippen molar-refractivity contribution in [3.63, 3.8) is 0 Å². The SMILES string of the molecule is C=C1C(OC(=O)/C=C(\C)CC)CC(C(C)C)C2/C(=C/C)C(=O)C(OC(=O)/C(C)=C\C)C12. The minimum absolute atomic E-state index is 0.100. The second-order valence-corrected chi connectivity index (χ2v) is 8.95.